The van der Waals surface area contributed by atoms with Gasteiger partial charge in [0.15, 0.2) is 0 Å². The van der Waals surface area contributed by atoms with Crippen molar-refractivity contribution in [3.8, 4) is 11.1 Å². The van der Waals surface area contributed by atoms with Gasteiger partial charge < -0.3 is 10.2 Å². The fourth-order valence-corrected chi connectivity index (χ4v) is 3.30. The Kier molecular flexibility index (Phi) is 2.86. The third kappa shape index (κ3) is 2.21. The molecule has 114 valence electrons. The second-order valence-corrected chi connectivity index (χ2v) is 5.89. The van der Waals surface area contributed by atoms with Gasteiger partial charge in [-0.2, -0.15) is 13.2 Å². The van der Waals surface area contributed by atoms with Crippen molar-refractivity contribution in [2.75, 3.05) is 23.3 Å². The van der Waals surface area contributed by atoms with Gasteiger partial charge in [0, 0.05) is 19.1 Å². The molecule has 2 aromatic rings. The van der Waals surface area contributed by atoms with Crippen molar-refractivity contribution in [1.29, 1.82) is 0 Å². The van der Waals surface area contributed by atoms with Crippen LogP contribution in [0, 0.1) is 0 Å². The fourth-order valence-electron chi connectivity index (χ4n) is 3.30. The van der Waals surface area contributed by atoms with E-state index in [0.29, 0.717) is 11.6 Å². The number of nitrogens with zero attached hydrogens (tertiary/aromatic N) is 1. The van der Waals surface area contributed by atoms with E-state index in [-0.39, 0.29) is 0 Å². The highest BCUT2D eigenvalue weighted by atomic mass is 19.4. The second-order valence-electron chi connectivity index (χ2n) is 5.89. The maximum atomic E-state index is 12.8. The van der Waals surface area contributed by atoms with Gasteiger partial charge in [-0.25, -0.2) is 0 Å². The van der Waals surface area contributed by atoms with E-state index < -0.39 is 11.7 Å². The third-order valence-corrected chi connectivity index (χ3v) is 4.41. The summed E-state index contributed by atoms with van der Waals surface area (Å²) in [6.07, 6.45) is -3.21. The summed E-state index contributed by atoms with van der Waals surface area (Å²) in [5.74, 6) is 0. The van der Waals surface area contributed by atoms with E-state index in [9.17, 15) is 13.2 Å². The number of anilines is 2. The lowest BCUT2D eigenvalue weighted by molar-refractivity contribution is -0.137. The monoisotopic (exact) mass is 304 g/mol. The standard InChI is InChI=1S/C17H15F3N2/c18-17(19,20)13-3-1-2-11(8-13)12-4-5-16-15(9-12)21-14-6-7-22(16)10-14/h1-5,8-9,14,21H,6-7,10H2. The molecule has 2 heterocycles. The number of fused-ring (bicyclic) bond motifs is 4. The maximum absolute atomic E-state index is 12.8. The van der Waals surface area contributed by atoms with Crippen LogP contribution in [-0.4, -0.2) is 19.1 Å². The van der Waals surface area contributed by atoms with Crippen molar-refractivity contribution < 1.29 is 13.2 Å². The van der Waals surface area contributed by atoms with Gasteiger partial charge in [0.2, 0.25) is 0 Å². The van der Waals surface area contributed by atoms with Crippen LogP contribution in [0.2, 0.25) is 0 Å². The van der Waals surface area contributed by atoms with E-state index in [2.05, 4.69) is 10.2 Å². The Balaban J connectivity index is 1.74. The first-order valence-electron chi connectivity index (χ1n) is 7.34. The number of alkyl halides is 3. The third-order valence-electron chi connectivity index (χ3n) is 4.41. The summed E-state index contributed by atoms with van der Waals surface area (Å²) < 4.78 is 38.5. The molecule has 1 atom stereocenters. The molecular formula is C17H15F3N2. The lowest BCUT2D eigenvalue weighted by atomic mass is 10.0. The van der Waals surface area contributed by atoms with Gasteiger partial charge >= 0.3 is 6.18 Å². The average molecular weight is 304 g/mol. The van der Waals surface area contributed by atoms with E-state index >= 15 is 0 Å². The van der Waals surface area contributed by atoms with Crippen LogP contribution in [0.3, 0.4) is 0 Å². The van der Waals surface area contributed by atoms with Gasteiger partial charge in [-0.3, -0.25) is 0 Å². The summed E-state index contributed by atoms with van der Waals surface area (Å²) in [5, 5.41) is 3.48. The maximum Gasteiger partial charge on any atom is 0.416 e. The molecule has 2 aromatic carbocycles. The molecule has 1 N–H and O–H groups in total. The molecule has 0 amide bonds. The van der Waals surface area contributed by atoms with Gasteiger partial charge in [-0.15, -0.1) is 0 Å². The Morgan fingerprint density at radius 3 is 2.68 bits per heavy atom. The van der Waals surface area contributed by atoms with Crippen LogP contribution in [-0.2, 0) is 6.18 Å². The van der Waals surface area contributed by atoms with E-state index in [1.165, 1.54) is 12.1 Å². The average Bonchev–Trinajstić information content (AvgIpc) is 2.88. The largest absolute Gasteiger partial charge is 0.416 e. The smallest absolute Gasteiger partial charge is 0.379 e. The van der Waals surface area contributed by atoms with Gasteiger partial charge in [-0.1, -0.05) is 18.2 Å². The van der Waals surface area contributed by atoms with E-state index in [4.69, 9.17) is 0 Å². The molecule has 5 heteroatoms. The summed E-state index contributed by atoms with van der Waals surface area (Å²) in [4.78, 5) is 2.33. The highest BCUT2D eigenvalue weighted by Gasteiger charge is 2.31. The van der Waals surface area contributed by atoms with Crippen LogP contribution >= 0.6 is 0 Å². The normalized spacial score (nSPS) is 19.8. The highest BCUT2D eigenvalue weighted by molar-refractivity contribution is 5.80. The van der Waals surface area contributed by atoms with E-state index in [1.54, 1.807) is 6.07 Å². The molecule has 2 aliphatic heterocycles. The zero-order valence-corrected chi connectivity index (χ0v) is 11.8. The van der Waals surface area contributed by atoms with Crippen molar-refractivity contribution in [3.63, 3.8) is 0 Å². The lowest BCUT2D eigenvalue weighted by Crippen LogP contribution is -2.31. The van der Waals surface area contributed by atoms with Crippen molar-refractivity contribution in [2.45, 2.75) is 18.6 Å². The molecule has 0 radical (unpaired) electrons. The molecule has 22 heavy (non-hydrogen) atoms. The number of halogens is 3. The van der Waals surface area contributed by atoms with Crippen LogP contribution < -0.4 is 10.2 Å². The second kappa shape index (κ2) is 4.66. The molecule has 1 saturated heterocycles. The first-order chi connectivity index (χ1) is 10.5. The van der Waals surface area contributed by atoms with E-state index in [0.717, 1.165) is 42.5 Å². The van der Waals surface area contributed by atoms with Gasteiger partial charge in [0.25, 0.3) is 0 Å². The molecule has 0 spiro atoms. The molecular weight excluding hydrogens is 289 g/mol. The molecule has 2 nitrogen and oxygen atoms in total. The molecule has 2 aliphatic rings. The number of nitrogens with one attached hydrogen (secondary N) is 1. The molecule has 0 aromatic heterocycles. The van der Waals surface area contributed by atoms with Crippen molar-refractivity contribution in [3.05, 3.63) is 48.0 Å². The van der Waals surface area contributed by atoms with Crippen LogP contribution in [0.1, 0.15) is 12.0 Å². The quantitative estimate of drug-likeness (QED) is 0.841. The Morgan fingerprint density at radius 2 is 1.86 bits per heavy atom. The lowest BCUT2D eigenvalue weighted by Gasteiger charge is -2.29. The Bertz CT molecular complexity index is 724. The fraction of sp³-hybridized carbons (Fsp3) is 0.294. The number of benzene rings is 2. The van der Waals surface area contributed by atoms with Gasteiger partial charge in [0.05, 0.1) is 16.9 Å². The molecule has 4 rings (SSSR count). The first-order valence-corrected chi connectivity index (χ1v) is 7.34. The minimum absolute atomic E-state index is 0.448. The summed E-state index contributed by atoms with van der Waals surface area (Å²) in [6, 6.07) is 11.8. The highest BCUT2D eigenvalue weighted by Crippen LogP contribution is 2.39. The molecule has 2 bridgehead atoms. The molecule has 0 saturated carbocycles. The number of rotatable bonds is 1. The van der Waals surface area contributed by atoms with Crippen LogP contribution in [0.25, 0.3) is 11.1 Å². The Hall–Kier alpha value is -2.17. The summed E-state index contributed by atoms with van der Waals surface area (Å²) in [5.41, 5.74) is 2.94. The molecule has 1 fully saturated rings. The number of hydrogen-bond donors (Lipinski definition) is 1. The Labute approximate surface area is 126 Å². The Morgan fingerprint density at radius 1 is 1.05 bits per heavy atom. The minimum atomic E-state index is -4.31. The first kappa shape index (κ1) is 13.5. The zero-order chi connectivity index (χ0) is 15.3. The predicted octanol–water partition coefficient (Wildman–Crippen LogP) is 4.38. The summed E-state index contributed by atoms with van der Waals surface area (Å²) >= 11 is 0. The zero-order valence-electron chi connectivity index (χ0n) is 11.8. The van der Waals surface area contributed by atoms with Crippen molar-refractivity contribution in [1.82, 2.24) is 0 Å². The molecule has 1 unspecified atom stereocenters. The number of hydrogen-bond acceptors (Lipinski definition) is 2. The van der Waals surface area contributed by atoms with Gasteiger partial charge in [0.1, 0.15) is 0 Å². The topological polar surface area (TPSA) is 15.3 Å². The van der Waals surface area contributed by atoms with Crippen LogP contribution in [0.5, 0.6) is 0 Å². The summed E-state index contributed by atoms with van der Waals surface area (Å²) in [7, 11) is 0. The van der Waals surface area contributed by atoms with E-state index in [1.807, 2.05) is 18.2 Å². The predicted molar refractivity (Wildman–Crippen MR) is 81.1 cm³/mol. The van der Waals surface area contributed by atoms with Crippen LogP contribution in [0.4, 0.5) is 24.5 Å². The molecule has 0 aliphatic carbocycles. The van der Waals surface area contributed by atoms with Crippen molar-refractivity contribution >= 4 is 11.4 Å². The minimum Gasteiger partial charge on any atom is -0.379 e. The van der Waals surface area contributed by atoms with Gasteiger partial charge in [-0.05, 0) is 41.8 Å². The SMILES string of the molecule is FC(F)(F)c1cccc(-c2ccc3c(c2)NC2CCN3C2)c1. The summed E-state index contributed by atoms with van der Waals surface area (Å²) in [6.45, 7) is 2.05. The van der Waals surface area contributed by atoms with Crippen LogP contribution in [0.15, 0.2) is 42.5 Å². The van der Waals surface area contributed by atoms with Crippen molar-refractivity contribution in [2.24, 2.45) is 0 Å².